The Labute approximate surface area is 190 Å². The molecule has 3 heterocycles. The van der Waals surface area contributed by atoms with Crippen LogP contribution in [0.5, 0.6) is 5.88 Å². The van der Waals surface area contributed by atoms with Gasteiger partial charge in [-0.15, -0.1) is 0 Å². The summed E-state index contributed by atoms with van der Waals surface area (Å²) < 4.78 is 29.1. The van der Waals surface area contributed by atoms with Crippen molar-refractivity contribution in [3.8, 4) is 5.88 Å². The molecular formula is C21H25N5O6S. The maximum atomic E-state index is 13.2. The van der Waals surface area contributed by atoms with Crippen LogP contribution in [0.25, 0.3) is 0 Å². The van der Waals surface area contributed by atoms with E-state index in [1.54, 1.807) is 12.3 Å². The summed E-state index contributed by atoms with van der Waals surface area (Å²) in [4.78, 5) is 37.8. The number of carbonyl (C=O) groups excluding carboxylic acids is 1. The minimum Gasteiger partial charge on any atom is -0.481 e. The van der Waals surface area contributed by atoms with E-state index in [-0.39, 0.29) is 48.7 Å². The maximum absolute atomic E-state index is 13.2. The van der Waals surface area contributed by atoms with Crippen LogP contribution in [-0.4, -0.2) is 59.8 Å². The molecule has 0 saturated heterocycles. The van der Waals surface area contributed by atoms with Crippen LogP contribution in [0.2, 0.25) is 0 Å². The van der Waals surface area contributed by atoms with E-state index < -0.39 is 26.9 Å². The third kappa shape index (κ3) is 4.90. The zero-order valence-electron chi connectivity index (χ0n) is 18.1. The van der Waals surface area contributed by atoms with E-state index in [0.717, 1.165) is 37.6 Å². The number of sulfone groups is 1. The smallest absolute Gasteiger partial charge is 0.303 e. The first kappa shape index (κ1) is 22.9. The van der Waals surface area contributed by atoms with Crippen LogP contribution in [0, 0.1) is 5.92 Å². The third-order valence-corrected chi connectivity index (χ3v) is 6.88. The van der Waals surface area contributed by atoms with Crippen LogP contribution in [0.3, 0.4) is 0 Å². The number of fused-ring (bicyclic) bond motifs is 1. The van der Waals surface area contributed by atoms with Crippen molar-refractivity contribution in [2.75, 3.05) is 30.0 Å². The number of hydrogen-bond acceptors (Lipinski definition) is 9. The molecule has 0 aromatic carbocycles. The highest BCUT2D eigenvalue weighted by atomic mass is 32.2. The molecule has 1 fully saturated rings. The number of amides is 1. The summed E-state index contributed by atoms with van der Waals surface area (Å²) in [6.45, 7) is 0.290. The van der Waals surface area contributed by atoms with Crippen LogP contribution in [0.4, 0.5) is 11.5 Å². The van der Waals surface area contributed by atoms with Gasteiger partial charge in [0.15, 0.2) is 0 Å². The minimum absolute atomic E-state index is 0.0827. The number of carbonyl (C=O) groups is 2. The Morgan fingerprint density at radius 1 is 1.24 bits per heavy atom. The number of aromatic nitrogens is 3. The first-order valence-corrected chi connectivity index (χ1v) is 12.5. The van der Waals surface area contributed by atoms with E-state index in [1.165, 1.54) is 4.90 Å². The van der Waals surface area contributed by atoms with Gasteiger partial charge in [-0.25, -0.2) is 13.4 Å². The molecule has 2 aromatic heterocycles. The van der Waals surface area contributed by atoms with Gasteiger partial charge >= 0.3 is 5.97 Å². The van der Waals surface area contributed by atoms with Gasteiger partial charge in [0.2, 0.25) is 15.7 Å². The predicted octanol–water partition coefficient (Wildman–Crippen LogP) is 1.64. The van der Waals surface area contributed by atoms with Crippen molar-refractivity contribution in [3.05, 3.63) is 29.6 Å². The second kappa shape index (κ2) is 8.93. The topological polar surface area (TPSA) is 166 Å². The number of rotatable bonds is 5. The lowest BCUT2D eigenvalue weighted by molar-refractivity contribution is -0.138. The van der Waals surface area contributed by atoms with Crippen molar-refractivity contribution in [1.82, 2.24) is 15.0 Å². The van der Waals surface area contributed by atoms with Crippen LogP contribution in [-0.2, 0) is 14.6 Å². The average Bonchev–Trinajstić information content (AvgIpc) is 2.92. The van der Waals surface area contributed by atoms with E-state index in [4.69, 9.17) is 15.6 Å². The molecule has 0 radical (unpaired) electrons. The molecule has 2 aliphatic rings. The van der Waals surface area contributed by atoms with Crippen LogP contribution in [0.1, 0.15) is 54.1 Å². The molecule has 0 unspecified atom stereocenters. The molecule has 0 spiro atoms. The molecule has 33 heavy (non-hydrogen) atoms. The predicted molar refractivity (Wildman–Crippen MR) is 118 cm³/mol. The van der Waals surface area contributed by atoms with Gasteiger partial charge in [-0.05, 0) is 43.7 Å². The zero-order valence-corrected chi connectivity index (χ0v) is 18.9. The Morgan fingerprint density at radius 3 is 2.58 bits per heavy atom. The first-order valence-electron chi connectivity index (χ1n) is 10.6. The summed E-state index contributed by atoms with van der Waals surface area (Å²) in [6, 6.07) is 3.68. The maximum Gasteiger partial charge on any atom is 0.303 e. The number of nitrogen functional groups attached to an aromatic ring is 1. The van der Waals surface area contributed by atoms with Gasteiger partial charge in [0.05, 0.1) is 18.4 Å². The Morgan fingerprint density at radius 2 is 1.97 bits per heavy atom. The first-order chi connectivity index (χ1) is 15.6. The average molecular weight is 476 g/mol. The number of nitrogens with zero attached hydrogens (tertiary/aromatic N) is 4. The summed E-state index contributed by atoms with van der Waals surface area (Å²) in [5.74, 6) is -1.20. The lowest BCUT2D eigenvalue weighted by Gasteiger charge is -2.27. The lowest BCUT2D eigenvalue weighted by atomic mass is 9.79. The highest BCUT2D eigenvalue weighted by molar-refractivity contribution is 7.90. The second-order valence-electron chi connectivity index (χ2n) is 8.41. The lowest BCUT2D eigenvalue weighted by Crippen LogP contribution is -2.33. The van der Waals surface area contributed by atoms with Gasteiger partial charge in [-0.3, -0.25) is 14.6 Å². The zero-order chi connectivity index (χ0) is 23.8. The van der Waals surface area contributed by atoms with Crippen LogP contribution >= 0.6 is 0 Å². The fourth-order valence-electron chi connectivity index (χ4n) is 4.33. The van der Waals surface area contributed by atoms with Crippen molar-refractivity contribution in [2.24, 2.45) is 5.92 Å². The standard InChI is InChI=1S/C21H25N5O6S/c1-33(30,31)21-24-18(22)17-19(25-21)32-9-8-26(20(17)29)14-6-7-15(23-11-14)13-4-2-12(3-5-13)10-16(27)28/h6-7,11-13H,2-5,8-10H2,1H3,(H,27,28)(H2,22,24,25). The normalized spacial score (nSPS) is 21.1. The summed E-state index contributed by atoms with van der Waals surface area (Å²) in [5.41, 5.74) is 7.28. The van der Waals surface area contributed by atoms with E-state index >= 15 is 0 Å². The summed E-state index contributed by atoms with van der Waals surface area (Å²) >= 11 is 0. The van der Waals surface area contributed by atoms with Crippen LogP contribution < -0.4 is 15.4 Å². The third-order valence-electron chi connectivity index (χ3n) is 6.04. The molecule has 1 amide bonds. The number of nitrogens with two attached hydrogens (primary N) is 1. The van der Waals surface area contributed by atoms with Gasteiger partial charge in [-0.2, -0.15) is 4.98 Å². The summed E-state index contributed by atoms with van der Waals surface area (Å²) in [5, 5.41) is 8.48. The van der Waals surface area contributed by atoms with Gasteiger partial charge in [-0.1, -0.05) is 0 Å². The van der Waals surface area contributed by atoms with E-state index in [0.29, 0.717) is 5.69 Å². The van der Waals surface area contributed by atoms with Gasteiger partial charge in [0.1, 0.15) is 18.0 Å². The largest absolute Gasteiger partial charge is 0.481 e. The van der Waals surface area contributed by atoms with Crippen molar-refractivity contribution in [3.63, 3.8) is 0 Å². The Balaban J connectivity index is 1.52. The van der Waals surface area contributed by atoms with E-state index in [1.807, 2.05) is 6.07 Å². The number of anilines is 2. The number of hydrogen-bond donors (Lipinski definition) is 2. The fraction of sp³-hybridized carbons (Fsp3) is 0.476. The molecule has 1 aliphatic heterocycles. The molecule has 4 rings (SSSR count). The highest BCUT2D eigenvalue weighted by Crippen LogP contribution is 2.37. The van der Waals surface area contributed by atoms with E-state index in [2.05, 4.69) is 15.0 Å². The molecule has 176 valence electrons. The highest BCUT2D eigenvalue weighted by Gasteiger charge is 2.31. The summed E-state index contributed by atoms with van der Waals surface area (Å²) in [6.07, 6.45) is 6.24. The molecule has 11 nitrogen and oxygen atoms in total. The van der Waals surface area contributed by atoms with E-state index in [9.17, 15) is 18.0 Å². The fourth-order valence-corrected chi connectivity index (χ4v) is 4.84. The number of pyridine rings is 1. The Hall–Kier alpha value is -3.28. The minimum atomic E-state index is -3.73. The monoisotopic (exact) mass is 475 g/mol. The number of carboxylic acids is 1. The van der Waals surface area contributed by atoms with Gasteiger partial charge < -0.3 is 20.5 Å². The van der Waals surface area contributed by atoms with Gasteiger partial charge in [0, 0.05) is 24.3 Å². The van der Waals surface area contributed by atoms with Crippen molar-refractivity contribution < 1.29 is 27.9 Å². The quantitative estimate of drug-likeness (QED) is 0.607. The molecule has 2 aromatic rings. The SMILES string of the molecule is CS(=O)(=O)c1nc(N)c2c(n1)OCCN(c1ccc(C3CCC(CC(=O)O)CC3)nc1)C2=O. The molecule has 0 bridgehead atoms. The number of carboxylic acid groups (broad SMARTS) is 1. The molecule has 12 heteroatoms. The summed E-state index contributed by atoms with van der Waals surface area (Å²) in [7, 11) is -3.73. The molecular weight excluding hydrogens is 450 g/mol. The molecule has 1 aliphatic carbocycles. The molecule has 3 N–H and O–H groups in total. The second-order valence-corrected chi connectivity index (χ2v) is 10.3. The molecule has 1 saturated carbocycles. The Kier molecular flexibility index (Phi) is 6.19. The molecule has 0 atom stereocenters. The number of aliphatic carboxylic acids is 1. The van der Waals surface area contributed by atoms with Crippen LogP contribution in [0.15, 0.2) is 23.5 Å². The Bertz CT molecular complexity index is 1180. The number of ether oxygens (including phenoxy) is 1. The van der Waals surface area contributed by atoms with Gasteiger partial charge in [0.25, 0.3) is 11.1 Å². The van der Waals surface area contributed by atoms with Crippen molar-refractivity contribution in [2.45, 2.75) is 43.2 Å². The van der Waals surface area contributed by atoms with Crippen molar-refractivity contribution >= 4 is 33.2 Å². The van der Waals surface area contributed by atoms with Crippen molar-refractivity contribution in [1.29, 1.82) is 0 Å².